The highest BCUT2D eigenvalue weighted by molar-refractivity contribution is 6.33. The third kappa shape index (κ3) is 4.69. The van der Waals surface area contributed by atoms with Gasteiger partial charge in [0.15, 0.2) is 0 Å². The largest absolute Gasteiger partial charge is 0.345 e. The number of likely N-dealkylation sites (tertiary alicyclic amines) is 1. The van der Waals surface area contributed by atoms with E-state index in [9.17, 15) is 14.4 Å². The van der Waals surface area contributed by atoms with Gasteiger partial charge in [0, 0.05) is 13.1 Å². The fourth-order valence-electron chi connectivity index (χ4n) is 2.38. The summed E-state index contributed by atoms with van der Waals surface area (Å²) in [6.45, 7) is 3.00. The summed E-state index contributed by atoms with van der Waals surface area (Å²) in [5, 5.41) is 5.44. The summed E-state index contributed by atoms with van der Waals surface area (Å²) in [6.07, 6.45) is 2.01. The van der Waals surface area contributed by atoms with Crippen LogP contribution in [0.3, 0.4) is 0 Å². The van der Waals surface area contributed by atoms with Gasteiger partial charge in [0.1, 0.15) is 6.04 Å². The molecule has 0 radical (unpaired) electrons. The first-order chi connectivity index (χ1) is 11.0. The first-order valence-corrected chi connectivity index (χ1v) is 7.97. The fraction of sp³-hybridized carbons (Fsp3) is 0.438. The first-order valence-electron chi connectivity index (χ1n) is 7.60. The molecule has 0 aromatic heterocycles. The lowest BCUT2D eigenvalue weighted by molar-refractivity contribution is -0.132. The van der Waals surface area contributed by atoms with Crippen LogP contribution >= 0.6 is 11.6 Å². The van der Waals surface area contributed by atoms with Crippen LogP contribution in [0.15, 0.2) is 24.3 Å². The number of rotatable bonds is 5. The highest BCUT2D eigenvalue weighted by Gasteiger charge is 2.21. The molecule has 23 heavy (non-hydrogen) atoms. The highest BCUT2D eigenvalue weighted by Crippen LogP contribution is 2.14. The lowest BCUT2D eigenvalue weighted by atomic mass is 10.2. The van der Waals surface area contributed by atoms with Gasteiger partial charge in [-0.1, -0.05) is 23.7 Å². The van der Waals surface area contributed by atoms with Crippen LogP contribution in [-0.2, 0) is 9.59 Å². The molecule has 6 nitrogen and oxygen atoms in total. The Balaban J connectivity index is 1.81. The molecule has 124 valence electrons. The van der Waals surface area contributed by atoms with Gasteiger partial charge in [-0.3, -0.25) is 14.4 Å². The van der Waals surface area contributed by atoms with E-state index in [1.807, 2.05) is 0 Å². The lowest BCUT2D eigenvalue weighted by Gasteiger charge is -2.18. The Labute approximate surface area is 140 Å². The predicted molar refractivity (Wildman–Crippen MR) is 87.2 cm³/mol. The minimum absolute atomic E-state index is 0.0505. The Morgan fingerprint density at radius 2 is 1.87 bits per heavy atom. The Morgan fingerprint density at radius 3 is 2.52 bits per heavy atom. The normalized spacial score (nSPS) is 15.1. The lowest BCUT2D eigenvalue weighted by Crippen LogP contribution is -2.47. The molecule has 1 saturated heterocycles. The van der Waals surface area contributed by atoms with E-state index < -0.39 is 17.9 Å². The Hall–Kier alpha value is -2.08. The van der Waals surface area contributed by atoms with Crippen molar-refractivity contribution < 1.29 is 14.4 Å². The summed E-state index contributed by atoms with van der Waals surface area (Å²) in [4.78, 5) is 37.7. The van der Waals surface area contributed by atoms with Crippen molar-refractivity contribution in [1.29, 1.82) is 0 Å². The van der Waals surface area contributed by atoms with E-state index in [4.69, 9.17) is 11.6 Å². The number of benzene rings is 1. The number of halogens is 1. The van der Waals surface area contributed by atoms with Crippen LogP contribution in [0, 0.1) is 0 Å². The monoisotopic (exact) mass is 337 g/mol. The second-order valence-electron chi connectivity index (χ2n) is 5.48. The molecule has 2 N–H and O–H groups in total. The molecule has 0 spiro atoms. The van der Waals surface area contributed by atoms with Crippen molar-refractivity contribution in [1.82, 2.24) is 15.5 Å². The van der Waals surface area contributed by atoms with E-state index >= 15 is 0 Å². The van der Waals surface area contributed by atoms with Crippen molar-refractivity contribution >= 4 is 29.3 Å². The first kappa shape index (κ1) is 17.3. The quantitative estimate of drug-likeness (QED) is 0.847. The molecule has 1 unspecified atom stereocenters. The maximum Gasteiger partial charge on any atom is 0.253 e. The van der Waals surface area contributed by atoms with E-state index in [-0.39, 0.29) is 12.5 Å². The molecule has 3 amide bonds. The summed E-state index contributed by atoms with van der Waals surface area (Å²) in [5.74, 6) is -0.928. The van der Waals surface area contributed by atoms with Gasteiger partial charge in [-0.15, -0.1) is 0 Å². The molecule has 1 aromatic rings. The summed E-state index contributed by atoms with van der Waals surface area (Å²) in [7, 11) is 0. The Kier molecular flexibility index (Phi) is 5.98. The molecule has 1 atom stereocenters. The van der Waals surface area contributed by atoms with Crippen LogP contribution in [0.1, 0.15) is 30.1 Å². The maximum atomic E-state index is 12.1. The average Bonchev–Trinajstić information content (AvgIpc) is 3.07. The zero-order valence-corrected chi connectivity index (χ0v) is 13.7. The average molecular weight is 338 g/mol. The molecular weight excluding hydrogens is 318 g/mol. The van der Waals surface area contributed by atoms with E-state index in [1.165, 1.54) is 0 Å². The maximum absolute atomic E-state index is 12.1. The molecule has 1 heterocycles. The topological polar surface area (TPSA) is 78.5 Å². The van der Waals surface area contributed by atoms with Gasteiger partial charge in [0.25, 0.3) is 5.91 Å². The molecule has 0 saturated carbocycles. The van der Waals surface area contributed by atoms with Crippen LogP contribution in [0.25, 0.3) is 0 Å². The summed E-state index contributed by atoms with van der Waals surface area (Å²) in [5.41, 5.74) is 0.307. The van der Waals surface area contributed by atoms with Crippen molar-refractivity contribution in [3.63, 3.8) is 0 Å². The zero-order valence-electron chi connectivity index (χ0n) is 13.0. The van der Waals surface area contributed by atoms with E-state index in [2.05, 4.69) is 10.6 Å². The van der Waals surface area contributed by atoms with Gasteiger partial charge >= 0.3 is 0 Å². The number of nitrogens with zero attached hydrogens (tertiary/aromatic N) is 1. The van der Waals surface area contributed by atoms with Crippen molar-refractivity contribution in [2.45, 2.75) is 25.8 Å². The van der Waals surface area contributed by atoms with Crippen molar-refractivity contribution in [3.8, 4) is 0 Å². The standard InChI is InChI=1S/C16H20ClN3O3/c1-11(19-16(23)12-6-2-3-7-13(12)17)15(22)18-10-14(21)20-8-4-5-9-20/h2-3,6-7,11H,4-5,8-10H2,1H3,(H,18,22)(H,19,23). The van der Waals surface area contributed by atoms with Crippen LogP contribution in [0.4, 0.5) is 0 Å². The van der Waals surface area contributed by atoms with E-state index in [0.717, 1.165) is 25.9 Å². The molecule has 7 heteroatoms. The summed E-state index contributed by atoms with van der Waals surface area (Å²) < 4.78 is 0. The van der Waals surface area contributed by atoms with Gasteiger partial charge in [-0.25, -0.2) is 0 Å². The van der Waals surface area contributed by atoms with Crippen LogP contribution in [0.2, 0.25) is 5.02 Å². The molecule has 0 aliphatic carbocycles. The second kappa shape index (κ2) is 7.97. The molecule has 1 fully saturated rings. The molecule has 1 aliphatic heterocycles. The van der Waals surface area contributed by atoms with E-state index in [0.29, 0.717) is 10.6 Å². The minimum Gasteiger partial charge on any atom is -0.345 e. The number of amides is 3. The number of hydrogen-bond donors (Lipinski definition) is 2. The molecule has 1 aromatic carbocycles. The third-order valence-corrected chi connectivity index (χ3v) is 4.06. The Morgan fingerprint density at radius 1 is 1.22 bits per heavy atom. The zero-order chi connectivity index (χ0) is 16.8. The molecule has 0 bridgehead atoms. The van der Waals surface area contributed by atoms with Gasteiger partial charge in [0.2, 0.25) is 11.8 Å². The third-order valence-electron chi connectivity index (χ3n) is 3.73. The van der Waals surface area contributed by atoms with Crippen molar-refractivity contribution in [2.75, 3.05) is 19.6 Å². The van der Waals surface area contributed by atoms with Crippen molar-refractivity contribution in [3.05, 3.63) is 34.9 Å². The van der Waals surface area contributed by atoms with Crippen LogP contribution in [-0.4, -0.2) is 48.3 Å². The van der Waals surface area contributed by atoms with Gasteiger partial charge < -0.3 is 15.5 Å². The highest BCUT2D eigenvalue weighted by atomic mass is 35.5. The second-order valence-corrected chi connectivity index (χ2v) is 5.89. The Bertz CT molecular complexity index is 600. The van der Waals surface area contributed by atoms with E-state index in [1.54, 1.807) is 36.1 Å². The van der Waals surface area contributed by atoms with Crippen LogP contribution < -0.4 is 10.6 Å². The SMILES string of the molecule is CC(NC(=O)c1ccccc1Cl)C(=O)NCC(=O)N1CCCC1. The molecule has 2 rings (SSSR count). The number of carbonyl (C=O) groups is 3. The smallest absolute Gasteiger partial charge is 0.253 e. The number of hydrogen-bond acceptors (Lipinski definition) is 3. The number of nitrogens with one attached hydrogen (secondary N) is 2. The van der Waals surface area contributed by atoms with Crippen LogP contribution in [0.5, 0.6) is 0 Å². The number of carbonyl (C=O) groups excluding carboxylic acids is 3. The summed E-state index contributed by atoms with van der Waals surface area (Å²) >= 11 is 5.95. The van der Waals surface area contributed by atoms with Gasteiger partial charge in [0.05, 0.1) is 17.1 Å². The molecular formula is C16H20ClN3O3. The van der Waals surface area contributed by atoms with Gasteiger partial charge in [-0.05, 0) is 31.9 Å². The molecule has 1 aliphatic rings. The van der Waals surface area contributed by atoms with Crippen molar-refractivity contribution in [2.24, 2.45) is 0 Å². The predicted octanol–water partition coefficient (Wildman–Crippen LogP) is 1.20. The minimum atomic E-state index is -0.759. The fourth-order valence-corrected chi connectivity index (χ4v) is 2.60. The van der Waals surface area contributed by atoms with Gasteiger partial charge in [-0.2, -0.15) is 0 Å². The summed E-state index contributed by atoms with van der Waals surface area (Å²) in [6, 6.07) is 5.85.